The number of carbonyl (C=O) groups is 1. The minimum atomic E-state index is -2.72. The maximum absolute atomic E-state index is 12.6. The number of pyridine rings is 1. The minimum absolute atomic E-state index is 0.0721. The van der Waals surface area contributed by atoms with Crippen molar-refractivity contribution in [3.05, 3.63) is 26.0 Å². The van der Waals surface area contributed by atoms with Crippen molar-refractivity contribution in [3.8, 4) is 0 Å². The zero-order chi connectivity index (χ0) is 12.3. The quantitative estimate of drug-likeness (QED) is 0.472. The first kappa shape index (κ1) is 13.6. The van der Waals surface area contributed by atoms with Gasteiger partial charge in [0.1, 0.15) is 3.70 Å². The number of rotatable bonds is 3. The summed E-state index contributed by atoms with van der Waals surface area (Å²) < 4.78 is 30.1. The van der Waals surface area contributed by atoms with E-state index in [0.29, 0.717) is 3.70 Å². The van der Waals surface area contributed by atoms with Gasteiger partial charge in [0.25, 0.3) is 6.43 Å². The summed E-state index contributed by atoms with van der Waals surface area (Å²) in [5.74, 6) is -0.620. The number of aromatic nitrogens is 1. The highest BCUT2D eigenvalue weighted by Gasteiger charge is 2.20. The summed E-state index contributed by atoms with van der Waals surface area (Å²) in [7, 11) is 1.18. The monoisotopic (exact) mass is 361 g/mol. The topological polar surface area (TPSA) is 39.2 Å². The van der Waals surface area contributed by atoms with Crippen molar-refractivity contribution in [1.29, 1.82) is 0 Å². The Hall–Kier alpha value is -0.500. The zero-order valence-electron chi connectivity index (χ0n) is 8.14. The Kier molecular flexibility index (Phi) is 4.85. The van der Waals surface area contributed by atoms with Crippen LogP contribution in [0.2, 0.25) is 5.02 Å². The molecule has 1 aromatic rings. The molecule has 1 rings (SSSR count). The van der Waals surface area contributed by atoms with E-state index in [1.807, 2.05) is 22.6 Å². The summed E-state index contributed by atoms with van der Waals surface area (Å²) in [6.45, 7) is 0. The van der Waals surface area contributed by atoms with E-state index >= 15 is 0 Å². The van der Waals surface area contributed by atoms with Gasteiger partial charge in [-0.05, 0) is 28.2 Å². The van der Waals surface area contributed by atoms with Gasteiger partial charge >= 0.3 is 5.97 Å². The summed E-state index contributed by atoms with van der Waals surface area (Å²) in [5, 5.41) is 0.0730. The third-order valence-electron chi connectivity index (χ3n) is 1.90. The smallest absolute Gasteiger partial charge is 0.310 e. The fourth-order valence-corrected chi connectivity index (χ4v) is 1.79. The van der Waals surface area contributed by atoms with Gasteiger partial charge in [0.15, 0.2) is 0 Å². The van der Waals surface area contributed by atoms with E-state index in [2.05, 4.69) is 9.72 Å². The second kappa shape index (κ2) is 5.72. The highest BCUT2D eigenvalue weighted by Crippen LogP contribution is 2.30. The SMILES string of the molecule is COC(=O)Cc1c(C(F)F)cnc(I)c1Cl. The van der Waals surface area contributed by atoms with Crippen molar-refractivity contribution in [1.82, 2.24) is 4.98 Å². The molecular weight excluding hydrogens is 354 g/mol. The Morgan fingerprint density at radius 1 is 1.69 bits per heavy atom. The predicted octanol–water partition coefficient (Wildman–Crippen LogP) is 2.99. The highest BCUT2D eigenvalue weighted by molar-refractivity contribution is 14.1. The van der Waals surface area contributed by atoms with Crippen LogP contribution in [0.3, 0.4) is 0 Å². The fourth-order valence-electron chi connectivity index (χ4n) is 1.10. The molecule has 0 unspecified atom stereocenters. The molecule has 1 aromatic heterocycles. The third kappa shape index (κ3) is 3.00. The third-order valence-corrected chi connectivity index (χ3v) is 3.44. The highest BCUT2D eigenvalue weighted by atomic mass is 127. The van der Waals surface area contributed by atoms with Gasteiger partial charge < -0.3 is 4.74 Å². The molecular formula is C9H7ClF2INO2. The molecule has 0 aliphatic rings. The van der Waals surface area contributed by atoms with Gasteiger partial charge in [0.2, 0.25) is 0 Å². The molecule has 0 atom stereocenters. The number of ether oxygens (including phenoxy) is 1. The van der Waals surface area contributed by atoms with Crippen molar-refractivity contribution in [2.45, 2.75) is 12.8 Å². The second-order valence-corrected chi connectivity index (χ2v) is 4.25. The van der Waals surface area contributed by atoms with Crippen molar-refractivity contribution in [2.24, 2.45) is 0 Å². The number of hydrogen-bond acceptors (Lipinski definition) is 3. The van der Waals surface area contributed by atoms with Crippen LogP contribution in [0.1, 0.15) is 17.6 Å². The fraction of sp³-hybridized carbons (Fsp3) is 0.333. The van der Waals surface area contributed by atoms with Gasteiger partial charge in [0.05, 0.1) is 18.6 Å². The molecule has 0 saturated carbocycles. The van der Waals surface area contributed by atoms with Gasteiger partial charge in [0, 0.05) is 11.8 Å². The molecule has 3 nitrogen and oxygen atoms in total. The zero-order valence-corrected chi connectivity index (χ0v) is 11.1. The largest absolute Gasteiger partial charge is 0.469 e. The van der Waals surface area contributed by atoms with Gasteiger partial charge in [-0.2, -0.15) is 0 Å². The van der Waals surface area contributed by atoms with E-state index in [1.54, 1.807) is 0 Å². The first-order chi connectivity index (χ1) is 7.47. The molecule has 0 aliphatic heterocycles. The molecule has 0 fully saturated rings. The van der Waals surface area contributed by atoms with E-state index in [0.717, 1.165) is 6.20 Å². The van der Waals surface area contributed by atoms with Gasteiger partial charge in [-0.1, -0.05) is 11.6 Å². The molecule has 1 heterocycles. The number of alkyl halides is 2. The van der Waals surface area contributed by atoms with Crippen molar-refractivity contribution in [2.75, 3.05) is 7.11 Å². The minimum Gasteiger partial charge on any atom is -0.469 e. The molecule has 0 saturated heterocycles. The lowest BCUT2D eigenvalue weighted by Crippen LogP contribution is -2.09. The Morgan fingerprint density at radius 2 is 2.31 bits per heavy atom. The number of carbonyl (C=O) groups excluding carboxylic acids is 1. The normalized spacial score (nSPS) is 10.6. The first-order valence-electron chi connectivity index (χ1n) is 4.15. The van der Waals surface area contributed by atoms with Crippen LogP contribution in [-0.4, -0.2) is 18.1 Å². The van der Waals surface area contributed by atoms with E-state index in [9.17, 15) is 13.6 Å². The molecule has 7 heteroatoms. The maximum Gasteiger partial charge on any atom is 0.310 e. The van der Waals surface area contributed by atoms with Crippen LogP contribution in [-0.2, 0) is 16.0 Å². The van der Waals surface area contributed by atoms with E-state index in [4.69, 9.17) is 11.6 Å². The molecule has 0 bridgehead atoms. The molecule has 0 aromatic carbocycles. The first-order valence-corrected chi connectivity index (χ1v) is 5.60. The van der Waals surface area contributed by atoms with Crippen LogP contribution in [0.25, 0.3) is 0 Å². The van der Waals surface area contributed by atoms with Gasteiger partial charge in [-0.15, -0.1) is 0 Å². The Labute approximate surface area is 109 Å². The number of esters is 1. The Morgan fingerprint density at radius 3 is 2.81 bits per heavy atom. The number of halogens is 4. The molecule has 0 N–H and O–H groups in total. The standard InChI is InChI=1S/C9H7ClF2INO2/c1-16-6(15)2-4-5(8(11)12)3-14-9(13)7(4)10/h3,8H,2H2,1H3. The molecule has 0 aliphatic carbocycles. The predicted molar refractivity (Wildman–Crippen MR) is 62.6 cm³/mol. The summed E-state index contributed by atoms with van der Waals surface area (Å²) in [5.41, 5.74) is -0.265. The van der Waals surface area contributed by atoms with Crippen molar-refractivity contribution >= 4 is 40.2 Å². The van der Waals surface area contributed by atoms with Crippen LogP contribution >= 0.6 is 34.2 Å². The van der Waals surface area contributed by atoms with Gasteiger partial charge in [-0.25, -0.2) is 13.8 Å². The molecule has 16 heavy (non-hydrogen) atoms. The van der Waals surface area contributed by atoms with Crippen LogP contribution in [0, 0.1) is 3.70 Å². The van der Waals surface area contributed by atoms with Gasteiger partial charge in [-0.3, -0.25) is 4.79 Å². The summed E-state index contributed by atoms with van der Waals surface area (Å²) >= 11 is 7.64. The van der Waals surface area contributed by atoms with Crippen LogP contribution in [0.15, 0.2) is 6.20 Å². The average Bonchev–Trinajstić information content (AvgIpc) is 2.24. The number of nitrogens with zero attached hydrogens (tertiary/aromatic N) is 1. The Balaban J connectivity index is 3.20. The van der Waals surface area contributed by atoms with Crippen LogP contribution in [0.4, 0.5) is 8.78 Å². The molecule has 0 radical (unpaired) electrons. The second-order valence-electron chi connectivity index (χ2n) is 2.85. The van der Waals surface area contributed by atoms with Crippen LogP contribution < -0.4 is 0 Å². The lowest BCUT2D eigenvalue weighted by Gasteiger charge is -2.10. The number of hydrogen-bond donors (Lipinski definition) is 0. The van der Waals surface area contributed by atoms with E-state index in [1.165, 1.54) is 7.11 Å². The van der Waals surface area contributed by atoms with E-state index < -0.39 is 12.4 Å². The summed E-state index contributed by atoms with van der Waals surface area (Å²) in [6.07, 6.45) is -1.98. The number of methoxy groups -OCH3 is 1. The molecule has 0 amide bonds. The summed E-state index contributed by atoms with van der Waals surface area (Å²) in [6, 6.07) is 0. The lowest BCUT2D eigenvalue weighted by atomic mass is 10.1. The van der Waals surface area contributed by atoms with Crippen molar-refractivity contribution < 1.29 is 18.3 Å². The Bertz CT molecular complexity index is 415. The maximum atomic E-state index is 12.6. The van der Waals surface area contributed by atoms with Crippen LogP contribution in [0.5, 0.6) is 0 Å². The molecule has 0 spiro atoms. The summed E-state index contributed by atoms with van der Waals surface area (Å²) in [4.78, 5) is 14.8. The molecule has 88 valence electrons. The average molecular weight is 362 g/mol. The van der Waals surface area contributed by atoms with Crippen molar-refractivity contribution in [3.63, 3.8) is 0 Å². The lowest BCUT2D eigenvalue weighted by molar-refractivity contribution is -0.139. The van der Waals surface area contributed by atoms with E-state index in [-0.39, 0.29) is 22.6 Å².